The fourth-order valence-electron chi connectivity index (χ4n) is 8.02. The van der Waals surface area contributed by atoms with Crippen LogP contribution in [0.5, 0.6) is 35.0 Å². The number of carbonyl (C=O) groups is 6. The molecule has 1 aliphatic heterocycles. The molecule has 1 aliphatic carbocycles. The highest BCUT2D eigenvalue weighted by atomic mass is 16.6. The molecule has 1 atom stereocenters. The van der Waals surface area contributed by atoms with Gasteiger partial charge in [-0.25, -0.2) is 14.5 Å². The first-order valence-electron chi connectivity index (χ1n) is 22.0. The van der Waals surface area contributed by atoms with Crippen LogP contribution in [0.3, 0.4) is 0 Å². The average Bonchev–Trinajstić information content (AvgIpc) is 3.77. The Morgan fingerprint density at radius 3 is 1.28 bits per heavy atom. The second-order valence-corrected chi connectivity index (χ2v) is 17.2. The van der Waals surface area contributed by atoms with Crippen LogP contribution in [0.15, 0.2) is 121 Å². The van der Waals surface area contributed by atoms with Crippen molar-refractivity contribution in [1.29, 1.82) is 0 Å². The number of ether oxygens (including phenoxy) is 4. The molecule has 7 aromatic rings. The molecule has 0 N–H and O–H groups in total. The summed E-state index contributed by atoms with van der Waals surface area (Å²) in [5.41, 5.74) is -3.69. The average molecular weight is 1030 g/mol. The third-order valence-corrected chi connectivity index (χ3v) is 12.1. The van der Waals surface area contributed by atoms with Gasteiger partial charge in [0.15, 0.2) is 11.6 Å². The Bertz CT molecular complexity index is 3580. The number of esters is 2. The van der Waals surface area contributed by atoms with Crippen molar-refractivity contribution in [3.05, 3.63) is 206 Å². The third-order valence-electron chi connectivity index (χ3n) is 12.1. The first-order valence-corrected chi connectivity index (χ1v) is 22.0. The number of nitro benzene ring substituents is 4. The molecule has 0 spiro atoms. The number of fused-ring (bicyclic) bond motifs is 2. The minimum Gasteiger partial charge on any atom is -0.457 e. The summed E-state index contributed by atoms with van der Waals surface area (Å²) in [7, 11) is 0. The predicted molar refractivity (Wildman–Crippen MR) is 256 cm³/mol. The number of hydrogen-bond donors (Lipinski definition) is 0. The molecule has 378 valence electrons. The van der Waals surface area contributed by atoms with Crippen LogP contribution in [0, 0.1) is 46.4 Å². The minimum absolute atomic E-state index is 0.0789. The molecule has 2 heterocycles. The third kappa shape index (κ3) is 9.56. The van der Waals surface area contributed by atoms with Crippen molar-refractivity contribution in [3.8, 4) is 35.0 Å². The van der Waals surface area contributed by atoms with Crippen LogP contribution < -0.4 is 23.8 Å². The largest absolute Gasteiger partial charge is 0.457 e. The fraction of sp³-hybridized carbons (Fsp3) is 0.100. The fourth-order valence-corrected chi connectivity index (χ4v) is 8.02. The highest BCUT2D eigenvalue weighted by molar-refractivity contribution is 6.34. The van der Waals surface area contributed by atoms with Crippen molar-refractivity contribution in [2.24, 2.45) is 5.92 Å². The highest BCUT2D eigenvalue weighted by Crippen LogP contribution is 2.38. The maximum Gasteiger partial charge on any atom is 0.346 e. The lowest BCUT2D eigenvalue weighted by molar-refractivity contribution is -0.394. The van der Waals surface area contributed by atoms with Gasteiger partial charge in [-0.3, -0.25) is 59.6 Å². The van der Waals surface area contributed by atoms with E-state index in [9.17, 15) is 69.2 Å². The summed E-state index contributed by atoms with van der Waals surface area (Å²) in [6.07, 6.45) is 0. The topological polar surface area (TPSA) is 354 Å². The summed E-state index contributed by atoms with van der Waals surface area (Å²) < 4.78 is 22.3. The van der Waals surface area contributed by atoms with Crippen molar-refractivity contribution < 1.29 is 67.4 Å². The first-order chi connectivity index (χ1) is 36.1. The van der Waals surface area contributed by atoms with Crippen LogP contribution in [-0.2, 0) is 5.41 Å². The van der Waals surface area contributed by atoms with E-state index in [0.717, 1.165) is 11.1 Å². The van der Waals surface area contributed by atoms with Crippen molar-refractivity contribution in [2.45, 2.75) is 26.2 Å². The maximum absolute atomic E-state index is 14.1. The number of anilines is 1. The van der Waals surface area contributed by atoms with Gasteiger partial charge in [0, 0.05) is 40.8 Å². The van der Waals surface area contributed by atoms with E-state index in [1.807, 2.05) is 38.1 Å². The Morgan fingerprint density at radius 1 is 0.487 bits per heavy atom. The molecule has 9 rings (SSSR count). The van der Waals surface area contributed by atoms with E-state index in [2.05, 4.69) is 15.0 Å². The zero-order valence-electron chi connectivity index (χ0n) is 39.1. The lowest BCUT2D eigenvalue weighted by Gasteiger charge is -2.26. The number of benzene rings is 6. The highest BCUT2D eigenvalue weighted by Gasteiger charge is 2.40. The number of rotatable bonds is 15. The molecule has 6 aromatic carbocycles. The van der Waals surface area contributed by atoms with Gasteiger partial charge in [-0.15, -0.1) is 4.98 Å². The Balaban J connectivity index is 0.948. The van der Waals surface area contributed by atoms with E-state index in [1.54, 1.807) is 49.4 Å². The monoisotopic (exact) mass is 1030 g/mol. The van der Waals surface area contributed by atoms with Gasteiger partial charge in [-0.05, 0) is 78.7 Å². The summed E-state index contributed by atoms with van der Waals surface area (Å²) in [4.78, 5) is 133. The summed E-state index contributed by atoms with van der Waals surface area (Å²) in [6.45, 7) is 5.58. The number of nitrogens with zero attached hydrogens (tertiary/aromatic N) is 8. The number of aromatic nitrogens is 3. The second kappa shape index (κ2) is 19.2. The van der Waals surface area contributed by atoms with Crippen LogP contribution in [0.2, 0.25) is 0 Å². The molecule has 1 unspecified atom stereocenters. The normalized spacial score (nSPS) is 13.7. The number of amides is 2. The van der Waals surface area contributed by atoms with Gasteiger partial charge >= 0.3 is 24.0 Å². The smallest absolute Gasteiger partial charge is 0.346 e. The van der Waals surface area contributed by atoms with Crippen molar-refractivity contribution in [3.63, 3.8) is 0 Å². The molecule has 0 fully saturated rings. The summed E-state index contributed by atoms with van der Waals surface area (Å²) in [5, 5.41) is 46.0. The predicted octanol–water partition coefficient (Wildman–Crippen LogP) is 8.67. The van der Waals surface area contributed by atoms with E-state index in [0.29, 0.717) is 69.7 Å². The standard InChI is InChI=1S/C50H30N8O18/c1-24-41(59)37-14-12-35(22-39(37)42(24)60)73-33-8-4-27(5-9-33)50(2,3)28-6-10-34(11-7-28)74-36-13-15-38-40(23-36)44(62)54(43(38)61)47-51-48(75-45(63)25-16-29(55(65)66)20-30(17-25)56(67)68)53-49(52-47)76-46(64)26-18-31(57(69)70)21-32(19-26)58(71)72/h4-24H,1-3H3. The Hall–Kier alpha value is -11.1. The van der Waals surface area contributed by atoms with Crippen molar-refractivity contribution >= 4 is 64.0 Å². The molecule has 1 aromatic heterocycles. The number of imide groups is 1. The molecular weight excluding hydrogens is 1000 g/mol. The Kier molecular flexibility index (Phi) is 12.6. The van der Waals surface area contributed by atoms with E-state index >= 15 is 0 Å². The Morgan fingerprint density at radius 2 is 0.855 bits per heavy atom. The van der Waals surface area contributed by atoms with E-state index in [-0.39, 0.29) is 28.4 Å². The molecule has 0 bridgehead atoms. The van der Waals surface area contributed by atoms with Crippen LogP contribution in [0.4, 0.5) is 28.7 Å². The van der Waals surface area contributed by atoms with Crippen molar-refractivity contribution in [1.82, 2.24) is 15.0 Å². The molecule has 0 saturated carbocycles. The van der Waals surface area contributed by atoms with Crippen LogP contribution in [0.1, 0.15) is 94.0 Å². The zero-order valence-corrected chi connectivity index (χ0v) is 39.1. The molecule has 26 nitrogen and oxygen atoms in total. The molecule has 2 aliphatic rings. The zero-order chi connectivity index (χ0) is 54.5. The van der Waals surface area contributed by atoms with E-state index in [4.69, 9.17) is 18.9 Å². The number of Topliss-reactive ketones (excluding diaryl/α,β-unsaturated/α-hetero) is 2. The number of nitro groups is 4. The SMILES string of the molecule is CC1C(=O)c2ccc(Oc3ccc(C(C)(C)c4ccc(Oc5ccc6c(c5)C(=O)N(c5nc(OC(=O)c7cc([N+](=O)[O-])cc([N+](=O)[O-])c7)nc(OC(=O)c7cc([N+](=O)[O-])cc([N+](=O)[O-])c7)n5)C6=O)cc4)cc3)cc2C1=O. The second-order valence-electron chi connectivity index (χ2n) is 17.2. The number of non-ortho nitro benzene ring substituents is 4. The lowest BCUT2D eigenvalue weighted by Crippen LogP contribution is -2.31. The maximum atomic E-state index is 14.1. The van der Waals surface area contributed by atoms with Gasteiger partial charge < -0.3 is 18.9 Å². The number of carbonyl (C=O) groups excluding carboxylic acids is 6. The molecule has 0 saturated heterocycles. The lowest BCUT2D eigenvalue weighted by atomic mass is 9.78. The molecule has 76 heavy (non-hydrogen) atoms. The summed E-state index contributed by atoms with van der Waals surface area (Å²) in [6, 6.07) is 24.2. The van der Waals surface area contributed by atoms with Gasteiger partial charge in [-0.2, -0.15) is 9.97 Å². The van der Waals surface area contributed by atoms with Gasteiger partial charge in [0.1, 0.15) is 23.0 Å². The van der Waals surface area contributed by atoms with E-state index < -0.39 is 107 Å². The van der Waals surface area contributed by atoms with Crippen LogP contribution in [-0.4, -0.2) is 70.0 Å². The van der Waals surface area contributed by atoms with Crippen molar-refractivity contribution in [2.75, 3.05) is 4.90 Å². The molecule has 26 heteroatoms. The van der Waals surface area contributed by atoms with Gasteiger partial charge in [0.2, 0.25) is 5.95 Å². The van der Waals surface area contributed by atoms with Crippen LogP contribution in [0.25, 0.3) is 0 Å². The number of ketones is 2. The summed E-state index contributed by atoms with van der Waals surface area (Å²) >= 11 is 0. The van der Waals surface area contributed by atoms with E-state index in [1.165, 1.54) is 18.2 Å². The van der Waals surface area contributed by atoms with Gasteiger partial charge in [-0.1, -0.05) is 38.1 Å². The first kappa shape index (κ1) is 49.9. The number of hydrogen-bond acceptors (Lipinski definition) is 21. The molecule has 0 radical (unpaired) electrons. The van der Waals surface area contributed by atoms with Gasteiger partial charge in [0.25, 0.3) is 34.6 Å². The van der Waals surface area contributed by atoms with Crippen LogP contribution >= 0.6 is 0 Å². The quantitative estimate of drug-likeness (QED) is 0.0304. The van der Waals surface area contributed by atoms with Gasteiger partial charge in [0.05, 0.1) is 60.0 Å². The molecule has 2 amide bonds. The molecular formula is C50H30N8O18. The summed E-state index contributed by atoms with van der Waals surface area (Å²) in [5.74, 6) is -6.17. The minimum atomic E-state index is -1.57. The Labute approximate surface area is 423 Å².